The van der Waals surface area contributed by atoms with Crippen molar-refractivity contribution in [3.8, 4) is 0 Å². The number of hydrogen-bond donors (Lipinski definition) is 3. The Hall–Kier alpha value is -0.380. The van der Waals surface area contributed by atoms with Gasteiger partial charge in [0, 0.05) is 6.04 Å². The van der Waals surface area contributed by atoms with Crippen LogP contribution in [0.5, 0.6) is 0 Å². The minimum absolute atomic E-state index is 0.366. The van der Waals surface area contributed by atoms with Crippen molar-refractivity contribution in [3.63, 3.8) is 0 Å². The third kappa shape index (κ3) is 5.86. The fourth-order valence-corrected chi connectivity index (χ4v) is 5.92. The summed E-state index contributed by atoms with van der Waals surface area (Å²) >= 11 is 0. The molecule has 2 aliphatic rings. The predicted molar refractivity (Wildman–Crippen MR) is 96.5 cm³/mol. The van der Waals surface area contributed by atoms with Crippen LogP contribution >= 0.6 is 8.03 Å². The van der Waals surface area contributed by atoms with Crippen LogP contribution in [0.4, 0.5) is 0 Å². The number of carboxylic acid groups (broad SMARTS) is 1. The highest BCUT2D eigenvalue weighted by Crippen LogP contribution is 2.40. The molecule has 0 amide bonds. The molecule has 0 heterocycles. The molecule has 4 unspecified atom stereocenters. The van der Waals surface area contributed by atoms with Gasteiger partial charge in [-0.1, -0.05) is 64.2 Å². The number of rotatable bonds is 8. The molecule has 140 valence electrons. The lowest BCUT2D eigenvalue weighted by molar-refractivity contribution is -0.142. The van der Waals surface area contributed by atoms with Crippen LogP contribution in [0.25, 0.3) is 0 Å². The second-order valence-electron chi connectivity index (χ2n) is 7.95. The van der Waals surface area contributed by atoms with Crippen LogP contribution in [0.2, 0.25) is 0 Å². The molecule has 0 spiro atoms. The van der Waals surface area contributed by atoms with Crippen molar-refractivity contribution in [3.05, 3.63) is 0 Å². The van der Waals surface area contributed by atoms with Crippen molar-refractivity contribution in [2.24, 2.45) is 23.5 Å². The van der Waals surface area contributed by atoms with E-state index in [1.807, 2.05) is 0 Å². The third-order valence-corrected chi connectivity index (χ3v) is 7.54. The largest absolute Gasteiger partial charge is 0.481 e. The lowest BCUT2D eigenvalue weighted by Crippen LogP contribution is -2.43. The van der Waals surface area contributed by atoms with E-state index >= 15 is 0 Å². The molecule has 0 aromatic heterocycles. The van der Waals surface area contributed by atoms with E-state index in [-0.39, 0.29) is 0 Å². The Labute approximate surface area is 146 Å². The summed E-state index contributed by atoms with van der Waals surface area (Å²) in [4.78, 5) is 21.7. The summed E-state index contributed by atoms with van der Waals surface area (Å²) in [6, 6.07) is -0.478. The van der Waals surface area contributed by atoms with Crippen LogP contribution in [0.1, 0.15) is 77.0 Å². The number of carboxylic acids is 1. The molecule has 2 rings (SSSR count). The SMILES string of the molecule is NC(CC1CCCCC1)C(C(CC1CCCCC1)C(=O)O)[PH](=O)O. The molecule has 5 nitrogen and oxygen atoms in total. The molecule has 2 aliphatic carbocycles. The van der Waals surface area contributed by atoms with Gasteiger partial charge in [-0.15, -0.1) is 0 Å². The number of nitrogens with two attached hydrogens (primary N) is 1. The highest BCUT2D eigenvalue weighted by molar-refractivity contribution is 7.39. The zero-order valence-corrected chi connectivity index (χ0v) is 15.7. The van der Waals surface area contributed by atoms with Gasteiger partial charge in [-0.3, -0.25) is 9.36 Å². The summed E-state index contributed by atoms with van der Waals surface area (Å²) in [5.41, 5.74) is 5.51. The maximum atomic E-state index is 12.0. The van der Waals surface area contributed by atoms with Gasteiger partial charge in [-0.25, -0.2) is 0 Å². The average Bonchev–Trinajstić information content (AvgIpc) is 2.55. The first-order chi connectivity index (χ1) is 11.5. The molecule has 6 heteroatoms. The van der Waals surface area contributed by atoms with E-state index in [1.165, 1.54) is 25.7 Å². The van der Waals surface area contributed by atoms with Gasteiger partial charge >= 0.3 is 5.97 Å². The molecule has 4 atom stereocenters. The zero-order valence-electron chi connectivity index (χ0n) is 14.7. The molecule has 0 aromatic rings. The monoisotopic (exact) mass is 359 g/mol. The standard InChI is InChI=1S/C18H34NO4P/c19-16(12-14-9-5-2-6-10-14)17(24(22)23)15(18(20)21)11-13-7-3-1-4-8-13/h13-17,24H,1-12,19H2,(H,20,21)(H,22,23). The van der Waals surface area contributed by atoms with Crippen LogP contribution in [0.3, 0.4) is 0 Å². The van der Waals surface area contributed by atoms with Crippen molar-refractivity contribution in [1.29, 1.82) is 0 Å². The molecule has 2 saturated carbocycles. The second kappa shape index (κ2) is 9.94. The number of aliphatic carboxylic acids is 1. The lowest BCUT2D eigenvalue weighted by Gasteiger charge is -2.33. The fraction of sp³-hybridized carbons (Fsp3) is 0.944. The fourth-order valence-electron chi connectivity index (χ4n) is 4.79. The third-order valence-electron chi connectivity index (χ3n) is 6.14. The first-order valence-corrected chi connectivity index (χ1v) is 11.1. The zero-order chi connectivity index (χ0) is 17.5. The highest BCUT2D eigenvalue weighted by Gasteiger charge is 2.38. The lowest BCUT2D eigenvalue weighted by atomic mass is 9.78. The van der Waals surface area contributed by atoms with E-state index in [0.29, 0.717) is 24.7 Å². The van der Waals surface area contributed by atoms with Gasteiger partial charge < -0.3 is 15.7 Å². The van der Waals surface area contributed by atoms with Crippen molar-refractivity contribution in [1.82, 2.24) is 0 Å². The maximum Gasteiger partial charge on any atom is 0.307 e. The normalized spacial score (nSPS) is 25.8. The number of hydrogen-bond acceptors (Lipinski definition) is 3. The van der Waals surface area contributed by atoms with Gasteiger partial charge in [-0.2, -0.15) is 0 Å². The Bertz CT molecular complexity index is 419. The molecule has 0 bridgehead atoms. The number of carbonyl (C=O) groups is 1. The van der Waals surface area contributed by atoms with Gasteiger partial charge in [0.05, 0.1) is 11.6 Å². The van der Waals surface area contributed by atoms with Crippen molar-refractivity contribution in [2.75, 3.05) is 0 Å². The van der Waals surface area contributed by atoms with E-state index in [0.717, 1.165) is 38.5 Å². The molecular weight excluding hydrogens is 325 g/mol. The van der Waals surface area contributed by atoms with E-state index in [1.54, 1.807) is 0 Å². The predicted octanol–water partition coefficient (Wildman–Crippen LogP) is 3.79. The molecule has 0 radical (unpaired) electrons. The minimum atomic E-state index is -2.97. The molecule has 0 aromatic carbocycles. The van der Waals surface area contributed by atoms with Crippen LogP contribution in [-0.2, 0) is 9.36 Å². The van der Waals surface area contributed by atoms with Gasteiger partial charge in [0.2, 0.25) is 0 Å². The Morgan fingerprint density at radius 2 is 1.42 bits per heavy atom. The summed E-state index contributed by atoms with van der Waals surface area (Å²) in [5.74, 6) is -0.868. The Kier molecular flexibility index (Phi) is 8.25. The molecular formula is C18H34NO4P. The minimum Gasteiger partial charge on any atom is -0.481 e. The van der Waals surface area contributed by atoms with Crippen LogP contribution < -0.4 is 5.73 Å². The summed E-state index contributed by atoms with van der Waals surface area (Å²) < 4.78 is 12.0. The van der Waals surface area contributed by atoms with Crippen LogP contribution in [0.15, 0.2) is 0 Å². The van der Waals surface area contributed by atoms with Gasteiger partial charge in [0.1, 0.15) is 0 Å². The maximum absolute atomic E-state index is 12.0. The molecule has 0 saturated heterocycles. The highest BCUT2D eigenvalue weighted by atomic mass is 31.1. The Morgan fingerprint density at radius 3 is 1.83 bits per heavy atom. The van der Waals surface area contributed by atoms with E-state index < -0.39 is 31.6 Å². The first kappa shape index (κ1) is 19.9. The van der Waals surface area contributed by atoms with E-state index in [2.05, 4.69) is 0 Å². The van der Waals surface area contributed by atoms with Crippen molar-refractivity contribution in [2.45, 2.75) is 88.8 Å². The van der Waals surface area contributed by atoms with Crippen LogP contribution in [-0.4, -0.2) is 27.7 Å². The van der Waals surface area contributed by atoms with Gasteiger partial charge in [0.25, 0.3) is 0 Å². The first-order valence-electron chi connectivity index (χ1n) is 9.70. The Balaban J connectivity index is 2.02. The van der Waals surface area contributed by atoms with Gasteiger partial charge in [-0.05, 0) is 24.7 Å². The smallest absolute Gasteiger partial charge is 0.307 e. The summed E-state index contributed by atoms with van der Waals surface area (Å²) in [7, 11) is -2.97. The van der Waals surface area contributed by atoms with E-state index in [9.17, 15) is 19.4 Å². The molecule has 24 heavy (non-hydrogen) atoms. The summed E-state index contributed by atoms with van der Waals surface area (Å²) in [6.45, 7) is 0. The second-order valence-corrected chi connectivity index (χ2v) is 9.30. The van der Waals surface area contributed by atoms with Crippen molar-refractivity contribution < 1.29 is 19.4 Å². The summed E-state index contributed by atoms with van der Waals surface area (Å²) in [6.07, 6.45) is 12.7. The van der Waals surface area contributed by atoms with Crippen molar-refractivity contribution >= 4 is 14.0 Å². The average molecular weight is 359 g/mol. The molecule has 2 fully saturated rings. The van der Waals surface area contributed by atoms with Gasteiger partial charge in [0.15, 0.2) is 8.03 Å². The van der Waals surface area contributed by atoms with Crippen LogP contribution in [0, 0.1) is 17.8 Å². The summed E-state index contributed by atoms with van der Waals surface area (Å²) in [5, 5.41) is 9.69. The Morgan fingerprint density at radius 1 is 0.958 bits per heavy atom. The molecule has 4 N–H and O–H groups in total. The topological polar surface area (TPSA) is 101 Å². The molecule has 0 aliphatic heterocycles. The van der Waals surface area contributed by atoms with E-state index in [4.69, 9.17) is 5.73 Å². The quantitative estimate of drug-likeness (QED) is 0.572.